The molecule has 1 aromatic heterocycles. The van der Waals surface area contributed by atoms with E-state index in [9.17, 15) is 0 Å². The molecule has 2 rings (SSSR count). The van der Waals surface area contributed by atoms with Crippen LogP contribution >= 0.6 is 23.2 Å². The molecule has 0 bridgehead atoms. The van der Waals surface area contributed by atoms with E-state index >= 15 is 0 Å². The predicted molar refractivity (Wildman–Crippen MR) is 79.8 cm³/mol. The molecule has 2 nitrogen and oxygen atoms in total. The first-order valence-electron chi connectivity index (χ1n) is 5.99. The van der Waals surface area contributed by atoms with E-state index in [1.165, 1.54) is 0 Å². The summed E-state index contributed by atoms with van der Waals surface area (Å²) in [6.07, 6.45) is 0.856. The zero-order chi connectivity index (χ0) is 13.0. The second kappa shape index (κ2) is 5.77. The average molecular weight is 283 g/mol. The largest absolute Gasteiger partial charge is 0.362 e. The van der Waals surface area contributed by atoms with E-state index < -0.39 is 0 Å². The van der Waals surface area contributed by atoms with Crippen molar-refractivity contribution in [2.45, 2.75) is 18.9 Å². The second-order valence-corrected chi connectivity index (χ2v) is 4.95. The summed E-state index contributed by atoms with van der Waals surface area (Å²) in [5.41, 5.74) is 0.676. The zero-order valence-electron chi connectivity index (χ0n) is 10.3. The summed E-state index contributed by atoms with van der Waals surface area (Å²) in [5, 5.41) is 4.49. The Morgan fingerprint density at radius 1 is 1.11 bits per heavy atom. The van der Waals surface area contributed by atoms with Crippen molar-refractivity contribution >= 4 is 39.9 Å². The molecule has 0 amide bonds. The maximum absolute atomic E-state index is 6.02. The molecule has 0 radical (unpaired) electrons. The molecular formula is C14H16Cl2N2. The minimum atomic E-state index is -0.293. The van der Waals surface area contributed by atoms with Crippen LogP contribution in [0.15, 0.2) is 36.4 Å². The fourth-order valence-corrected chi connectivity index (χ4v) is 2.58. The van der Waals surface area contributed by atoms with Gasteiger partial charge in [0.05, 0.1) is 11.1 Å². The van der Waals surface area contributed by atoms with Gasteiger partial charge in [-0.1, -0.05) is 25.1 Å². The lowest BCUT2D eigenvalue weighted by atomic mass is 10.0. The lowest BCUT2D eigenvalue weighted by Crippen LogP contribution is -2.42. The first kappa shape index (κ1) is 13.4. The van der Waals surface area contributed by atoms with Crippen LogP contribution in [0.3, 0.4) is 0 Å². The normalized spacial score (nSPS) is 11.7. The Morgan fingerprint density at radius 3 is 2.50 bits per heavy atom. The molecule has 4 heteroatoms. The quantitative estimate of drug-likeness (QED) is 0.829. The van der Waals surface area contributed by atoms with Gasteiger partial charge in [0.25, 0.3) is 0 Å². The molecule has 0 fully saturated rings. The lowest BCUT2D eigenvalue weighted by Gasteiger charge is -2.30. The minimum Gasteiger partial charge on any atom is -0.362 e. The van der Waals surface area contributed by atoms with Crippen molar-refractivity contribution in [3.63, 3.8) is 0 Å². The number of nitrogens with one attached hydrogen (secondary N) is 1. The van der Waals surface area contributed by atoms with Gasteiger partial charge >= 0.3 is 0 Å². The van der Waals surface area contributed by atoms with Gasteiger partial charge in [-0.25, -0.2) is 4.98 Å². The number of pyridine rings is 1. The second-order valence-electron chi connectivity index (χ2n) is 4.42. The van der Waals surface area contributed by atoms with E-state index in [4.69, 9.17) is 23.2 Å². The van der Waals surface area contributed by atoms with Crippen LogP contribution in [0, 0.1) is 0 Å². The number of fused-ring (bicyclic) bond motifs is 1. The Hall–Kier alpha value is -0.990. The molecule has 2 aromatic rings. The van der Waals surface area contributed by atoms with Gasteiger partial charge in [0.1, 0.15) is 5.82 Å². The van der Waals surface area contributed by atoms with Crippen molar-refractivity contribution in [1.82, 2.24) is 4.98 Å². The standard InChI is InChI=1S/C14H16Cl2N2/c1-2-14(9-15,10-16)18-13-8-7-11-5-3-4-6-12(11)17-13/h3-8H,2,9-10H2,1H3,(H,17,18). The summed E-state index contributed by atoms with van der Waals surface area (Å²) in [5.74, 6) is 1.74. The summed E-state index contributed by atoms with van der Waals surface area (Å²) in [7, 11) is 0. The molecule has 0 spiro atoms. The highest BCUT2D eigenvalue weighted by atomic mass is 35.5. The number of halogens is 2. The van der Waals surface area contributed by atoms with Crippen LogP contribution in [0.5, 0.6) is 0 Å². The molecule has 0 aliphatic heterocycles. The molecule has 0 saturated heterocycles. The van der Waals surface area contributed by atoms with Gasteiger partial charge in [-0.2, -0.15) is 0 Å². The average Bonchev–Trinajstić information content (AvgIpc) is 2.45. The van der Waals surface area contributed by atoms with Crippen LogP contribution < -0.4 is 5.32 Å². The summed E-state index contributed by atoms with van der Waals surface area (Å²) in [6.45, 7) is 2.07. The Morgan fingerprint density at radius 2 is 1.83 bits per heavy atom. The highest BCUT2D eigenvalue weighted by Gasteiger charge is 2.26. The van der Waals surface area contributed by atoms with Crippen LogP contribution in [0.2, 0.25) is 0 Å². The van der Waals surface area contributed by atoms with Crippen molar-refractivity contribution in [3.8, 4) is 0 Å². The van der Waals surface area contributed by atoms with E-state index in [1.807, 2.05) is 36.4 Å². The summed E-state index contributed by atoms with van der Waals surface area (Å²) in [6, 6.07) is 12.0. The fourth-order valence-electron chi connectivity index (χ4n) is 1.79. The number of alkyl halides is 2. The summed E-state index contributed by atoms with van der Waals surface area (Å²) in [4.78, 5) is 4.58. The van der Waals surface area contributed by atoms with Gasteiger partial charge in [0, 0.05) is 17.1 Å². The third kappa shape index (κ3) is 2.70. The summed E-state index contributed by atoms with van der Waals surface area (Å²) < 4.78 is 0. The Kier molecular flexibility index (Phi) is 4.31. The number of anilines is 1. The summed E-state index contributed by atoms with van der Waals surface area (Å²) >= 11 is 12.0. The molecular weight excluding hydrogens is 267 g/mol. The predicted octanol–water partition coefficient (Wildman–Crippen LogP) is 4.27. The molecule has 0 aliphatic carbocycles. The highest BCUT2D eigenvalue weighted by Crippen LogP contribution is 2.22. The monoisotopic (exact) mass is 282 g/mol. The third-order valence-corrected chi connectivity index (χ3v) is 4.20. The van der Waals surface area contributed by atoms with Crippen LogP contribution in [-0.2, 0) is 0 Å². The molecule has 1 aromatic carbocycles. The topological polar surface area (TPSA) is 24.9 Å². The van der Waals surface area contributed by atoms with Crippen molar-refractivity contribution in [2.75, 3.05) is 17.1 Å². The SMILES string of the molecule is CCC(CCl)(CCl)Nc1ccc2ccccc2n1. The van der Waals surface area contributed by atoms with Crippen molar-refractivity contribution in [2.24, 2.45) is 0 Å². The molecule has 18 heavy (non-hydrogen) atoms. The number of hydrogen-bond acceptors (Lipinski definition) is 2. The molecule has 1 N–H and O–H groups in total. The fraction of sp³-hybridized carbons (Fsp3) is 0.357. The first-order chi connectivity index (χ1) is 8.73. The van der Waals surface area contributed by atoms with Crippen LogP contribution in [0.1, 0.15) is 13.3 Å². The van der Waals surface area contributed by atoms with Crippen molar-refractivity contribution in [1.29, 1.82) is 0 Å². The number of rotatable bonds is 5. The Labute approximate surface area is 117 Å². The number of nitrogens with zero attached hydrogens (tertiary/aromatic N) is 1. The van der Waals surface area contributed by atoms with E-state index in [-0.39, 0.29) is 5.54 Å². The molecule has 96 valence electrons. The maximum atomic E-state index is 6.02. The first-order valence-corrected chi connectivity index (χ1v) is 7.06. The van der Waals surface area contributed by atoms with Crippen LogP contribution in [0.4, 0.5) is 5.82 Å². The minimum absolute atomic E-state index is 0.293. The van der Waals surface area contributed by atoms with E-state index in [2.05, 4.69) is 17.2 Å². The van der Waals surface area contributed by atoms with E-state index in [0.29, 0.717) is 11.8 Å². The molecule has 1 heterocycles. The smallest absolute Gasteiger partial charge is 0.127 e. The van der Waals surface area contributed by atoms with Crippen LogP contribution in [0.25, 0.3) is 10.9 Å². The molecule has 0 aliphatic rings. The van der Waals surface area contributed by atoms with Gasteiger partial charge < -0.3 is 5.32 Å². The molecule has 0 unspecified atom stereocenters. The Bertz CT molecular complexity index is 516. The van der Waals surface area contributed by atoms with Gasteiger partial charge in [-0.3, -0.25) is 0 Å². The van der Waals surface area contributed by atoms with Gasteiger partial charge in [0.15, 0.2) is 0 Å². The van der Waals surface area contributed by atoms with Gasteiger partial charge in [-0.05, 0) is 24.6 Å². The third-order valence-electron chi connectivity index (χ3n) is 3.18. The number of para-hydroxylation sites is 1. The molecule has 0 saturated carbocycles. The molecule has 0 atom stereocenters. The maximum Gasteiger partial charge on any atom is 0.127 e. The highest BCUT2D eigenvalue weighted by molar-refractivity contribution is 6.22. The number of aromatic nitrogens is 1. The Balaban J connectivity index is 2.31. The van der Waals surface area contributed by atoms with E-state index in [1.54, 1.807) is 0 Å². The van der Waals surface area contributed by atoms with E-state index in [0.717, 1.165) is 23.1 Å². The van der Waals surface area contributed by atoms with Crippen molar-refractivity contribution in [3.05, 3.63) is 36.4 Å². The van der Waals surface area contributed by atoms with Gasteiger partial charge in [0.2, 0.25) is 0 Å². The van der Waals surface area contributed by atoms with Crippen molar-refractivity contribution < 1.29 is 0 Å². The van der Waals surface area contributed by atoms with Crippen LogP contribution in [-0.4, -0.2) is 22.3 Å². The lowest BCUT2D eigenvalue weighted by molar-refractivity contribution is 0.558. The van der Waals surface area contributed by atoms with Gasteiger partial charge in [-0.15, -0.1) is 23.2 Å². The zero-order valence-corrected chi connectivity index (χ0v) is 11.8. The number of hydrogen-bond donors (Lipinski definition) is 1. The number of benzene rings is 1.